The lowest BCUT2D eigenvalue weighted by molar-refractivity contribution is 0.0484. The van der Waals surface area contributed by atoms with Crippen LogP contribution in [-0.4, -0.2) is 63.2 Å². The van der Waals surface area contributed by atoms with Crippen LogP contribution in [0.25, 0.3) is 11.3 Å². The average Bonchev–Trinajstić information content (AvgIpc) is 3.29. The number of aliphatic hydroxyl groups is 1. The third-order valence-electron chi connectivity index (χ3n) is 6.97. The number of aliphatic hydroxyl groups excluding tert-OH is 1. The van der Waals surface area contributed by atoms with Gasteiger partial charge in [0, 0.05) is 37.3 Å². The number of benzene rings is 2. The molecule has 37 heavy (non-hydrogen) atoms. The minimum Gasteiger partial charge on any atom is -0.391 e. The molecule has 1 fully saturated rings. The molecule has 7 nitrogen and oxygen atoms in total. The van der Waals surface area contributed by atoms with E-state index in [4.69, 9.17) is 10.7 Å². The number of nitrogens with zero attached hydrogens (tertiary/aromatic N) is 3. The van der Waals surface area contributed by atoms with Crippen LogP contribution < -0.4 is 5.73 Å². The molecule has 7 heteroatoms. The van der Waals surface area contributed by atoms with Crippen molar-refractivity contribution in [3.8, 4) is 11.3 Å². The first-order chi connectivity index (χ1) is 17.8. The summed E-state index contributed by atoms with van der Waals surface area (Å²) in [6.07, 6.45) is 2.46. The molecule has 0 radical (unpaired) electrons. The summed E-state index contributed by atoms with van der Waals surface area (Å²) < 4.78 is 0. The molecule has 0 spiro atoms. The predicted octanol–water partition coefficient (Wildman–Crippen LogP) is 4.98. The molecule has 198 valence electrons. The van der Waals surface area contributed by atoms with Crippen LogP contribution in [0.3, 0.4) is 0 Å². The predicted molar refractivity (Wildman–Crippen MR) is 148 cm³/mol. The molecule has 0 aliphatic carbocycles. The van der Waals surface area contributed by atoms with Crippen molar-refractivity contribution in [2.24, 2.45) is 11.1 Å². The number of piperidine rings is 1. The summed E-state index contributed by atoms with van der Waals surface area (Å²) in [7, 11) is 0. The van der Waals surface area contributed by atoms with E-state index in [9.17, 15) is 9.90 Å². The van der Waals surface area contributed by atoms with Crippen LogP contribution in [0.1, 0.15) is 63.2 Å². The minimum absolute atomic E-state index is 0.0607. The lowest BCUT2D eigenvalue weighted by Crippen LogP contribution is -2.52. The maximum Gasteiger partial charge on any atom is 0.320 e. The number of H-pyrrole nitrogens is 1. The van der Waals surface area contributed by atoms with Crippen LogP contribution >= 0.6 is 0 Å². The number of β-amino-alcohol motifs (C(OH)–C–C–N with tert-alkyl or cyclic N) is 1. The summed E-state index contributed by atoms with van der Waals surface area (Å²) in [5.41, 5.74) is 9.78. The van der Waals surface area contributed by atoms with E-state index in [0.717, 1.165) is 35.6 Å². The van der Waals surface area contributed by atoms with Crippen molar-refractivity contribution in [2.75, 3.05) is 26.2 Å². The largest absolute Gasteiger partial charge is 0.391 e. The quantitative estimate of drug-likeness (QED) is 0.404. The number of urea groups is 1. The highest BCUT2D eigenvalue weighted by Gasteiger charge is 2.39. The number of aromatic nitrogens is 2. The van der Waals surface area contributed by atoms with Gasteiger partial charge in [0.15, 0.2) is 0 Å². The second-order valence-corrected chi connectivity index (χ2v) is 11.1. The standard InChI is InChI=1S/C30H41N5O2/c1-30(2,3)27(35(19-11-17-31)29(37)34-18-10-16-24(36)21-34)28-32-25(20-22-12-6-4-7-13-22)26(33-28)23-14-8-5-9-15-23/h4-9,12-15,24,27,36H,10-11,16-21,31H2,1-3H3,(H,32,33)/t24-,27-/m0/s1. The molecule has 1 aromatic heterocycles. The van der Waals surface area contributed by atoms with Gasteiger partial charge in [-0.25, -0.2) is 9.78 Å². The zero-order valence-corrected chi connectivity index (χ0v) is 22.4. The van der Waals surface area contributed by atoms with Gasteiger partial charge in [-0.3, -0.25) is 0 Å². The summed E-state index contributed by atoms with van der Waals surface area (Å²) in [5, 5.41) is 10.3. The Bertz CT molecular complexity index is 1140. The van der Waals surface area contributed by atoms with Crippen LogP contribution in [-0.2, 0) is 6.42 Å². The number of likely N-dealkylation sites (tertiary alicyclic amines) is 1. The Kier molecular flexibility index (Phi) is 8.67. The Morgan fingerprint density at radius 1 is 1.16 bits per heavy atom. The van der Waals surface area contributed by atoms with Crippen molar-refractivity contribution in [3.05, 3.63) is 77.7 Å². The number of hydrogen-bond donors (Lipinski definition) is 3. The van der Waals surface area contributed by atoms with Crippen molar-refractivity contribution >= 4 is 6.03 Å². The van der Waals surface area contributed by atoms with Crippen LogP contribution in [0.4, 0.5) is 4.79 Å². The van der Waals surface area contributed by atoms with Crippen molar-refractivity contribution in [2.45, 2.75) is 58.6 Å². The Morgan fingerprint density at radius 3 is 2.46 bits per heavy atom. The number of nitrogens with one attached hydrogen (secondary N) is 1. The fourth-order valence-electron chi connectivity index (χ4n) is 5.25. The van der Waals surface area contributed by atoms with Gasteiger partial charge in [-0.05, 0) is 36.8 Å². The Balaban J connectivity index is 1.77. The van der Waals surface area contributed by atoms with Gasteiger partial charge in [0.25, 0.3) is 0 Å². The molecule has 0 unspecified atom stereocenters. The summed E-state index contributed by atoms with van der Waals surface area (Å²) in [6, 6.07) is 20.2. The Morgan fingerprint density at radius 2 is 1.84 bits per heavy atom. The van der Waals surface area contributed by atoms with E-state index in [1.807, 2.05) is 41.3 Å². The van der Waals surface area contributed by atoms with Crippen molar-refractivity contribution in [1.82, 2.24) is 19.8 Å². The van der Waals surface area contributed by atoms with Crippen molar-refractivity contribution in [1.29, 1.82) is 0 Å². The molecule has 4 N–H and O–H groups in total. The first-order valence-electron chi connectivity index (χ1n) is 13.4. The molecule has 0 saturated carbocycles. The second-order valence-electron chi connectivity index (χ2n) is 11.1. The maximum atomic E-state index is 13.9. The highest BCUT2D eigenvalue weighted by Crippen LogP contribution is 2.39. The molecule has 1 saturated heterocycles. The molecule has 2 atom stereocenters. The van der Waals surface area contributed by atoms with E-state index in [1.54, 1.807) is 4.90 Å². The lowest BCUT2D eigenvalue weighted by Gasteiger charge is -2.42. The SMILES string of the molecule is CC(C)(C)[C@H](c1nc(-c2ccccc2)c(Cc2ccccc2)[nH]1)N(CCCN)C(=O)N1CCC[C@H](O)C1. The highest BCUT2D eigenvalue weighted by atomic mass is 16.3. The van der Waals surface area contributed by atoms with Gasteiger partial charge in [0.2, 0.25) is 0 Å². The summed E-state index contributed by atoms with van der Waals surface area (Å²) >= 11 is 0. The number of aromatic amines is 1. The molecule has 2 aromatic carbocycles. The Hall–Kier alpha value is -3.16. The van der Waals surface area contributed by atoms with Gasteiger partial charge in [-0.15, -0.1) is 0 Å². The minimum atomic E-state index is -0.479. The second kappa shape index (κ2) is 11.9. The molecule has 1 aliphatic heterocycles. The molecule has 3 aromatic rings. The number of hydrogen-bond acceptors (Lipinski definition) is 4. The van der Waals surface area contributed by atoms with E-state index < -0.39 is 6.10 Å². The van der Waals surface area contributed by atoms with E-state index in [0.29, 0.717) is 39.0 Å². The van der Waals surface area contributed by atoms with Crippen LogP contribution in [0.5, 0.6) is 0 Å². The number of rotatable bonds is 8. The number of amides is 2. The zero-order chi connectivity index (χ0) is 26.4. The molecular formula is C30H41N5O2. The number of imidazole rings is 1. The van der Waals surface area contributed by atoms with E-state index in [2.05, 4.69) is 50.0 Å². The van der Waals surface area contributed by atoms with Gasteiger partial charge >= 0.3 is 6.03 Å². The summed E-state index contributed by atoms with van der Waals surface area (Å²) in [5.74, 6) is 0.778. The third kappa shape index (κ3) is 6.59. The number of carbonyl (C=O) groups is 1. The highest BCUT2D eigenvalue weighted by molar-refractivity contribution is 5.75. The van der Waals surface area contributed by atoms with E-state index >= 15 is 0 Å². The van der Waals surface area contributed by atoms with Gasteiger partial charge in [-0.1, -0.05) is 81.4 Å². The van der Waals surface area contributed by atoms with Gasteiger partial charge in [0.1, 0.15) is 5.82 Å². The van der Waals surface area contributed by atoms with Gasteiger partial charge < -0.3 is 25.6 Å². The molecule has 1 aliphatic rings. The molecule has 4 rings (SSSR count). The first kappa shape index (κ1) is 26.9. The number of carbonyl (C=O) groups excluding carboxylic acids is 1. The van der Waals surface area contributed by atoms with Crippen molar-refractivity contribution in [3.63, 3.8) is 0 Å². The molecule has 0 bridgehead atoms. The average molecular weight is 504 g/mol. The van der Waals surface area contributed by atoms with Gasteiger partial charge in [0.05, 0.1) is 17.8 Å². The van der Waals surface area contributed by atoms with E-state index in [1.165, 1.54) is 5.56 Å². The third-order valence-corrected chi connectivity index (χ3v) is 6.97. The van der Waals surface area contributed by atoms with Crippen LogP contribution in [0.15, 0.2) is 60.7 Å². The monoisotopic (exact) mass is 503 g/mol. The molecular weight excluding hydrogens is 462 g/mol. The lowest BCUT2D eigenvalue weighted by atomic mass is 9.85. The van der Waals surface area contributed by atoms with E-state index in [-0.39, 0.29) is 17.5 Å². The van der Waals surface area contributed by atoms with Crippen LogP contribution in [0, 0.1) is 5.41 Å². The normalized spacial score (nSPS) is 17.0. The molecule has 2 heterocycles. The fourth-order valence-corrected chi connectivity index (χ4v) is 5.25. The molecule has 2 amide bonds. The summed E-state index contributed by atoms with van der Waals surface area (Å²) in [6.45, 7) is 8.47. The first-order valence-corrected chi connectivity index (χ1v) is 13.4. The van der Waals surface area contributed by atoms with Crippen molar-refractivity contribution < 1.29 is 9.90 Å². The smallest absolute Gasteiger partial charge is 0.320 e. The summed E-state index contributed by atoms with van der Waals surface area (Å²) in [4.78, 5) is 26.5. The fraction of sp³-hybridized carbons (Fsp3) is 0.467. The topological polar surface area (TPSA) is 98.5 Å². The maximum absolute atomic E-state index is 13.9. The zero-order valence-electron chi connectivity index (χ0n) is 22.4. The Labute approximate surface area is 220 Å². The number of nitrogens with two attached hydrogens (primary N) is 1. The van der Waals surface area contributed by atoms with Crippen LogP contribution in [0.2, 0.25) is 0 Å². The van der Waals surface area contributed by atoms with Gasteiger partial charge in [-0.2, -0.15) is 0 Å².